The number of benzene rings is 1. The predicted octanol–water partition coefficient (Wildman–Crippen LogP) is 2.71. The summed E-state index contributed by atoms with van der Waals surface area (Å²) in [7, 11) is 0. The third kappa shape index (κ3) is 2.54. The Morgan fingerprint density at radius 3 is 2.56 bits per heavy atom. The van der Waals surface area contributed by atoms with E-state index in [0.717, 1.165) is 0 Å². The van der Waals surface area contributed by atoms with Crippen molar-refractivity contribution in [3.63, 3.8) is 0 Å². The first kappa shape index (κ1) is 12.6. The van der Waals surface area contributed by atoms with Gasteiger partial charge in [-0.25, -0.2) is 0 Å². The molecule has 4 nitrogen and oxygen atoms in total. The van der Waals surface area contributed by atoms with Gasteiger partial charge in [0.05, 0.1) is 17.6 Å². The van der Waals surface area contributed by atoms with Gasteiger partial charge in [0.1, 0.15) is 5.02 Å². The Morgan fingerprint density at radius 2 is 1.94 bits per heavy atom. The fourth-order valence-corrected chi connectivity index (χ4v) is 1.78. The number of halogens is 1. The molecular formula is C13H14ClN3O. The Bertz CT molecular complexity index is 593. The van der Waals surface area contributed by atoms with Crippen LogP contribution in [0.15, 0.2) is 41.3 Å². The molecule has 1 aromatic heterocycles. The van der Waals surface area contributed by atoms with Gasteiger partial charge >= 0.3 is 0 Å². The van der Waals surface area contributed by atoms with Crippen LogP contribution in [0.25, 0.3) is 5.69 Å². The maximum absolute atomic E-state index is 12.1. The molecule has 2 aromatic rings. The quantitative estimate of drug-likeness (QED) is 0.926. The maximum atomic E-state index is 12.1. The summed E-state index contributed by atoms with van der Waals surface area (Å²) >= 11 is 6.06. The summed E-state index contributed by atoms with van der Waals surface area (Å²) in [5.41, 5.74) is 0.929. The average molecular weight is 264 g/mol. The second kappa shape index (κ2) is 5.23. The van der Waals surface area contributed by atoms with E-state index in [9.17, 15) is 4.79 Å². The Balaban J connectivity index is 2.48. The average Bonchev–Trinajstić information content (AvgIpc) is 2.36. The van der Waals surface area contributed by atoms with Crippen molar-refractivity contribution >= 4 is 17.3 Å². The fraction of sp³-hybridized carbons (Fsp3) is 0.231. The number of nitrogens with zero attached hydrogens (tertiary/aromatic N) is 2. The highest BCUT2D eigenvalue weighted by atomic mass is 35.5. The SMILES string of the molecule is CC(C)Nc1cnn(-c2ccccc2)c(=O)c1Cl. The molecule has 1 N–H and O–H groups in total. The van der Waals surface area contributed by atoms with Crippen molar-refractivity contribution in [1.29, 1.82) is 0 Å². The lowest BCUT2D eigenvalue weighted by Gasteiger charge is -2.12. The second-order valence-electron chi connectivity index (χ2n) is 4.22. The van der Waals surface area contributed by atoms with Gasteiger partial charge in [-0.15, -0.1) is 0 Å². The van der Waals surface area contributed by atoms with E-state index in [1.54, 1.807) is 18.3 Å². The minimum atomic E-state index is -0.325. The van der Waals surface area contributed by atoms with Crippen molar-refractivity contribution in [2.45, 2.75) is 19.9 Å². The number of rotatable bonds is 3. The minimum absolute atomic E-state index is 0.155. The van der Waals surface area contributed by atoms with Crippen molar-refractivity contribution < 1.29 is 0 Å². The van der Waals surface area contributed by atoms with Crippen LogP contribution in [0.3, 0.4) is 0 Å². The van der Waals surface area contributed by atoms with Crippen molar-refractivity contribution in [2.24, 2.45) is 0 Å². The summed E-state index contributed by atoms with van der Waals surface area (Å²) in [5, 5.41) is 7.36. The van der Waals surface area contributed by atoms with Crippen LogP contribution in [0.1, 0.15) is 13.8 Å². The number of para-hydroxylation sites is 1. The molecule has 0 saturated carbocycles. The molecule has 0 amide bonds. The molecule has 1 heterocycles. The van der Waals surface area contributed by atoms with E-state index < -0.39 is 0 Å². The molecule has 0 aliphatic heterocycles. The van der Waals surface area contributed by atoms with E-state index in [4.69, 9.17) is 11.6 Å². The highest BCUT2D eigenvalue weighted by Crippen LogP contribution is 2.17. The van der Waals surface area contributed by atoms with Crippen LogP contribution in [-0.4, -0.2) is 15.8 Å². The van der Waals surface area contributed by atoms with E-state index in [2.05, 4.69) is 10.4 Å². The van der Waals surface area contributed by atoms with Gasteiger partial charge < -0.3 is 5.32 Å². The lowest BCUT2D eigenvalue weighted by molar-refractivity contribution is 0.801. The number of hydrogen-bond acceptors (Lipinski definition) is 3. The van der Waals surface area contributed by atoms with E-state index in [-0.39, 0.29) is 16.6 Å². The van der Waals surface area contributed by atoms with Crippen molar-refractivity contribution in [3.8, 4) is 5.69 Å². The molecule has 0 aliphatic carbocycles. The molecule has 0 radical (unpaired) electrons. The molecule has 18 heavy (non-hydrogen) atoms. The first-order valence-corrected chi connectivity index (χ1v) is 6.07. The van der Waals surface area contributed by atoms with Crippen LogP contribution >= 0.6 is 11.6 Å². The number of hydrogen-bond donors (Lipinski definition) is 1. The molecule has 2 rings (SSSR count). The van der Waals surface area contributed by atoms with E-state index in [1.165, 1.54) is 4.68 Å². The Kier molecular flexibility index (Phi) is 3.67. The highest BCUT2D eigenvalue weighted by molar-refractivity contribution is 6.32. The minimum Gasteiger partial charge on any atom is -0.380 e. The van der Waals surface area contributed by atoms with Crippen LogP contribution in [0.5, 0.6) is 0 Å². The molecule has 0 aliphatic rings. The lowest BCUT2D eigenvalue weighted by Crippen LogP contribution is -2.23. The topological polar surface area (TPSA) is 46.9 Å². The van der Waals surface area contributed by atoms with Crippen LogP contribution in [-0.2, 0) is 0 Å². The van der Waals surface area contributed by atoms with E-state index >= 15 is 0 Å². The zero-order valence-electron chi connectivity index (χ0n) is 10.2. The van der Waals surface area contributed by atoms with Crippen molar-refractivity contribution in [1.82, 2.24) is 9.78 Å². The normalized spacial score (nSPS) is 10.7. The Labute approximate surface area is 110 Å². The maximum Gasteiger partial charge on any atom is 0.292 e. The Hall–Kier alpha value is -1.81. The van der Waals surface area contributed by atoms with Gasteiger partial charge in [0.2, 0.25) is 0 Å². The van der Waals surface area contributed by atoms with Crippen molar-refractivity contribution in [3.05, 3.63) is 51.9 Å². The van der Waals surface area contributed by atoms with E-state index in [1.807, 2.05) is 32.0 Å². The van der Waals surface area contributed by atoms with Crippen molar-refractivity contribution in [2.75, 3.05) is 5.32 Å². The molecular weight excluding hydrogens is 250 g/mol. The molecule has 1 aromatic carbocycles. The zero-order chi connectivity index (χ0) is 13.1. The van der Waals surface area contributed by atoms with Gasteiger partial charge in [-0.05, 0) is 26.0 Å². The highest BCUT2D eigenvalue weighted by Gasteiger charge is 2.10. The molecule has 0 saturated heterocycles. The fourth-order valence-electron chi connectivity index (χ4n) is 1.60. The van der Waals surface area contributed by atoms with Crippen LogP contribution in [0.4, 0.5) is 5.69 Å². The smallest absolute Gasteiger partial charge is 0.292 e. The lowest BCUT2D eigenvalue weighted by atomic mass is 10.3. The summed E-state index contributed by atoms with van der Waals surface area (Å²) in [6.07, 6.45) is 1.57. The van der Waals surface area contributed by atoms with Crippen LogP contribution in [0.2, 0.25) is 5.02 Å². The standard InChI is InChI=1S/C13H14ClN3O/c1-9(2)16-11-8-15-17(13(18)12(11)14)10-6-4-3-5-7-10/h3-9,16H,1-2H3. The first-order chi connectivity index (χ1) is 8.59. The van der Waals surface area contributed by atoms with Gasteiger partial charge in [-0.2, -0.15) is 9.78 Å². The monoisotopic (exact) mass is 263 g/mol. The first-order valence-electron chi connectivity index (χ1n) is 5.69. The molecule has 0 bridgehead atoms. The summed E-state index contributed by atoms with van der Waals surface area (Å²) in [6.45, 7) is 3.94. The van der Waals surface area contributed by atoms with Gasteiger partial charge in [0, 0.05) is 6.04 Å². The molecule has 0 atom stereocenters. The summed E-state index contributed by atoms with van der Waals surface area (Å²) in [4.78, 5) is 12.1. The van der Waals surface area contributed by atoms with Gasteiger partial charge in [-0.3, -0.25) is 4.79 Å². The van der Waals surface area contributed by atoms with Gasteiger partial charge in [0.25, 0.3) is 5.56 Å². The summed E-state index contributed by atoms with van der Waals surface area (Å²) in [6, 6.07) is 9.37. The molecule has 5 heteroatoms. The van der Waals surface area contributed by atoms with E-state index in [0.29, 0.717) is 11.4 Å². The third-order valence-corrected chi connectivity index (χ3v) is 2.73. The number of anilines is 1. The molecule has 0 unspecified atom stereocenters. The summed E-state index contributed by atoms with van der Waals surface area (Å²) in [5.74, 6) is 0. The predicted molar refractivity (Wildman–Crippen MR) is 73.6 cm³/mol. The largest absolute Gasteiger partial charge is 0.380 e. The second-order valence-corrected chi connectivity index (χ2v) is 4.60. The van der Waals surface area contributed by atoms with Gasteiger partial charge in [0.15, 0.2) is 0 Å². The molecule has 0 fully saturated rings. The third-order valence-electron chi connectivity index (χ3n) is 2.36. The van der Waals surface area contributed by atoms with Crippen LogP contribution < -0.4 is 10.9 Å². The summed E-state index contributed by atoms with van der Waals surface area (Å²) < 4.78 is 1.29. The van der Waals surface area contributed by atoms with Crippen LogP contribution in [0, 0.1) is 0 Å². The molecule has 94 valence electrons. The van der Waals surface area contributed by atoms with Gasteiger partial charge in [-0.1, -0.05) is 29.8 Å². The zero-order valence-corrected chi connectivity index (χ0v) is 11.0. The number of nitrogens with one attached hydrogen (secondary N) is 1. The molecule has 0 spiro atoms. The Morgan fingerprint density at radius 1 is 1.28 bits per heavy atom. The number of aromatic nitrogens is 2.